The van der Waals surface area contributed by atoms with Gasteiger partial charge in [0, 0.05) is 23.6 Å². The number of carbonyl (C=O) groups is 2. The zero-order valence-electron chi connectivity index (χ0n) is 21.5. The molecule has 3 aromatic carbocycles. The molecule has 0 bridgehead atoms. The highest BCUT2D eigenvalue weighted by Gasteiger charge is 2.32. The van der Waals surface area contributed by atoms with Crippen LogP contribution < -0.4 is 4.74 Å². The Balaban J connectivity index is 1.47. The maximum atomic E-state index is 13.4. The Bertz CT molecular complexity index is 1260. The van der Waals surface area contributed by atoms with Crippen LogP contribution in [0.15, 0.2) is 66.7 Å². The third kappa shape index (κ3) is 7.14. The first-order chi connectivity index (χ1) is 17.7. The van der Waals surface area contributed by atoms with E-state index >= 15 is 0 Å². The van der Waals surface area contributed by atoms with Gasteiger partial charge in [0.25, 0.3) is 5.91 Å². The van der Waals surface area contributed by atoms with Crippen molar-refractivity contribution in [3.05, 3.63) is 99.6 Å². The zero-order valence-corrected chi connectivity index (χ0v) is 22.3. The summed E-state index contributed by atoms with van der Waals surface area (Å²) in [5, 5.41) is 10.2. The summed E-state index contributed by atoms with van der Waals surface area (Å²) in [5.41, 5.74) is 4.34. The number of aryl methyl sites for hydroxylation is 2. The number of carbonyl (C=O) groups excluding carboxylic acids is 1. The SMILES string of the molecule is CCCCc1ccc(CN(CC(=O)O)C(=O)c2ccc3c(c2)CC[C@](C)(Cc2cccc(Cl)c2)O3)cc1. The van der Waals surface area contributed by atoms with E-state index in [4.69, 9.17) is 16.3 Å². The van der Waals surface area contributed by atoms with Crippen molar-refractivity contribution in [3.63, 3.8) is 0 Å². The van der Waals surface area contributed by atoms with Crippen LogP contribution in [0.5, 0.6) is 5.75 Å². The molecule has 3 aromatic rings. The van der Waals surface area contributed by atoms with Gasteiger partial charge < -0.3 is 14.7 Å². The molecule has 4 rings (SSSR count). The summed E-state index contributed by atoms with van der Waals surface area (Å²) < 4.78 is 6.40. The molecule has 0 saturated heterocycles. The summed E-state index contributed by atoms with van der Waals surface area (Å²) in [6.07, 6.45) is 5.58. The van der Waals surface area contributed by atoms with Crippen molar-refractivity contribution in [2.75, 3.05) is 6.54 Å². The highest BCUT2D eigenvalue weighted by Crippen LogP contribution is 2.36. The van der Waals surface area contributed by atoms with Crippen molar-refractivity contribution in [1.82, 2.24) is 4.90 Å². The van der Waals surface area contributed by atoms with Gasteiger partial charge in [-0.15, -0.1) is 0 Å². The van der Waals surface area contributed by atoms with Gasteiger partial charge in [-0.25, -0.2) is 0 Å². The minimum Gasteiger partial charge on any atom is -0.487 e. The standard InChI is InChI=1S/C31H34ClNO4/c1-3-4-6-22-9-11-23(12-10-22)20-33(21-29(34)35)30(36)26-13-14-28-25(18-26)15-16-31(2,37-28)19-24-7-5-8-27(32)17-24/h5,7-14,17-18H,3-4,6,15-16,19-21H2,1-2H3,(H,34,35)/t31-/m1/s1. The van der Waals surface area contributed by atoms with Crippen molar-refractivity contribution in [1.29, 1.82) is 0 Å². The van der Waals surface area contributed by atoms with E-state index in [1.165, 1.54) is 10.5 Å². The first kappa shape index (κ1) is 26.7. The molecule has 5 nitrogen and oxygen atoms in total. The molecule has 1 aliphatic rings. The molecule has 1 amide bonds. The number of rotatable bonds is 10. The molecular weight excluding hydrogens is 486 g/mol. The van der Waals surface area contributed by atoms with Crippen molar-refractivity contribution in [2.45, 2.75) is 64.5 Å². The highest BCUT2D eigenvalue weighted by atomic mass is 35.5. The molecule has 0 unspecified atom stereocenters. The maximum absolute atomic E-state index is 13.4. The number of fused-ring (bicyclic) bond motifs is 1. The van der Waals surface area contributed by atoms with Crippen molar-refractivity contribution in [2.24, 2.45) is 0 Å². The number of hydrogen-bond acceptors (Lipinski definition) is 3. The fraction of sp³-hybridized carbons (Fsp3) is 0.355. The van der Waals surface area contributed by atoms with Gasteiger partial charge in [0.15, 0.2) is 0 Å². The Hall–Kier alpha value is -3.31. The lowest BCUT2D eigenvalue weighted by Crippen LogP contribution is -2.39. The average Bonchev–Trinajstić information content (AvgIpc) is 2.86. The maximum Gasteiger partial charge on any atom is 0.323 e. The number of hydrogen-bond donors (Lipinski definition) is 1. The molecule has 194 valence electrons. The van der Waals surface area contributed by atoms with Crippen LogP contribution in [-0.2, 0) is 30.6 Å². The number of amides is 1. The second-order valence-corrected chi connectivity index (χ2v) is 10.6. The van der Waals surface area contributed by atoms with E-state index in [-0.39, 0.29) is 24.6 Å². The van der Waals surface area contributed by atoms with Crippen LogP contribution in [-0.4, -0.2) is 34.0 Å². The fourth-order valence-corrected chi connectivity index (χ4v) is 5.10. The molecule has 1 aliphatic heterocycles. The molecule has 0 aromatic heterocycles. The highest BCUT2D eigenvalue weighted by molar-refractivity contribution is 6.30. The van der Waals surface area contributed by atoms with Crippen LogP contribution in [0, 0.1) is 0 Å². The van der Waals surface area contributed by atoms with Crippen LogP contribution in [0.2, 0.25) is 5.02 Å². The Morgan fingerprint density at radius 2 is 1.78 bits per heavy atom. The third-order valence-electron chi connectivity index (χ3n) is 6.88. The normalized spacial score (nSPS) is 16.5. The smallest absolute Gasteiger partial charge is 0.323 e. The molecule has 0 spiro atoms. The molecule has 1 N–H and O–H groups in total. The summed E-state index contributed by atoms with van der Waals surface area (Å²) >= 11 is 6.16. The molecule has 0 aliphatic carbocycles. The third-order valence-corrected chi connectivity index (χ3v) is 7.12. The summed E-state index contributed by atoms with van der Waals surface area (Å²) in [5.74, 6) is -0.571. The van der Waals surface area contributed by atoms with Crippen LogP contribution in [0.25, 0.3) is 0 Å². The minimum absolute atomic E-state index is 0.241. The molecule has 6 heteroatoms. The first-order valence-electron chi connectivity index (χ1n) is 12.9. The Kier molecular flexibility index (Phi) is 8.55. The van der Waals surface area contributed by atoms with E-state index in [9.17, 15) is 14.7 Å². The van der Waals surface area contributed by atoms with Gasteiger partial charge in [-0.3, -0.25) is 9.59 Å². The second kappa shape index (κ2) is 11.8. The van der Waals surface area contributed by atoms with Crippen LogP contribution in [0.4, 0.5) is 0 Å². The quantitative estimate of drug-likeness (QED) is 0.322. The second-order valence-electron chi connectivity index (χ2n) is 10.2. The minimum atomic E-state index is -1.04. The summed E-state index contributed by atoms with van der Waals surface area (Å²) in [7, 11) is 0. The largest absolute Gasteiger partial charge is 0.487 e. The summed E-state index contributed by atoms with van der Waals surface area (Å²) in [4.78, 5) is 26.3. The molecule has 0 radical (unpaired) electrons. The summed E-state index contributed by atoms with van der Waals surface area (Å²) in [6.45, 7) is 4.14. The molecule has 1 atom stereocenters. The van der Waals surface area contributed by atoms with Crippen molar-refractivity contribution < 1.29 is 19.4 Å². The number of nitrogens with zero attached hydrogens (tertiary/aromatic N) is 1. The van der Waals surface area contributed by atoms with Crippen LogP contribution in [0.3, 0.4) is 0 Å². The van der Waals surface area contributed by atoms with E-state index < -0.39 is 5.97 Å². The predicted molar refractivity (Wildman–Crippen MR) is 146 cm³/mol. The first-order valence-corrected chi connectivity index (χ1v) is 13.3. The topological polar surface area (TPSA) is 66.8 Å². The monoisotopic (exact) mass is 519 g/mol. The molecule has 1 heterocycles. The lowest BCUT2D eigenvalue weighted by Gasteiger charge is -2.36. The Labute approximate surface area is 224 Å². The lowest BCUT2D eigenvalue weighted by atomic mass is 9.87. The van der Waals surface area contributed by atoms with E-state index in [1.807, 2.05) is 48.5 Å². The molecule has 0 saturated carbocycles. The van der Waals surface area contributed by atoms with Gasteiger partial charge in [0.2, 0.25) is 0 Å². The number of halogens is 1. The number of benzene rings is 3. The van der Waals surface area contributed by atoms with E-state index in [1.54, 1.807) is 6.07 Å². The number of carboxylic acid groups (broad SMARTS) is 1. The average molecular weight is 520 g/mol. The van der Waals surface area contributed by atoms with Gasteiger partial charge >= 0.3 is 5.97 Å². The fourth-order valence-electron chi connectivity index (χ4n) is 4.88. The number of carboxylic acids is 1. The predicted octanol–water partition coefficient (Wildman–Crippen LogP) is 6.74. The van der Waals surface area contributed by atoms with E-state index in [0.29, 0.717) is 10.6 Å². The van der Waals surface area contributed by atoms with Gasteiger partial charge in [-0.2, -0.15) is 0 Å². The van der Waals surface area contributed by atoms with Crippen molar-refractivity contribution in [3.8, 4) is 5.75 Å². The van der Waals surface area contributed by atoms with Gasteiger partial charge in [-0.1, -0.05) is 61.3 Å². The number of aliphatic carboxylic acids is 1. The van der Waals surface area contributed by atoms with Crippen LogP contribution >= 0.6 is 11.6 Å². The molecular formula is C31H34ClNO4. The lowest BCUT2D eigenvalue weighted by molar-refractivity contribution is -0.137. The Morgan fingerprint density at radius 3 is 2.49 bits per heavy atom. The summed E-state index contributed by atoms with van der Waals surface area (Å²) in [6, 6.07) is 21.3. The van der Waals surface area contributed by atoms with E-state index in [2.05, 4.69) is 26.0 Å². The van der Waals surface area contributed by atoms with Gasteiger partial charge in [0.05, 0.1) is 0 Å². The number of unbranched alkanes of at least 4 members (excludes halogenated alkanes) is 1. The zero-order chi connectivity index (χ0) is 26.4. The number of ether oxygens (including phenoxy) is 1. The van der Waals surface area contributed by atoms with Crippen LogP contribution in [0.1, 0.15) is 65.7 Å². The van der Waals surface area contributed by atoms with Gasteiger partial charge in [-0.05, 0) is 85.2 Å². The Morgan fingerprint density at radius 1 is 1.03 bits per heavy atom. The van der Waals surface area contributed by atoms with E-state index in [0.717, 1.165) is 61.0 Å². The van der Waals surface area contributed by atoms with Crippen molar-refractivity contribution >= 4 is 23.5 Å². The van der Waals surface area contributed by atoms with Gasteiger partial charge in [0.1, 0.15) is 17.9 Å². The molecule has 0 fully saturated rings. The molecule has 37 heavy (non-hydrogen) atoms.